The third-order valence-corrected chi connectivity index (χ3v) is 4.55. The molecule has 3 rings (SSSR count). The van der Waals surface area contributed by atoms with Crippen LogP contribution in [0.3, 0.4) is 0 Å². The first-order valence-electron chi connectivity index (χ1n) is 8.31. The molecule has 0 saturated carbocycles. The molecule has 1 aliphatic carbocycles. The number of hydrogen-bond donors (Lipinski definition) is 3. The number of aliphatic imine (C=N–C) groups is 1. The fourth-order valence-electron chi connectivity index (χ4n) is 3.44. The molecule has 0 aliphatic heterocycles. The van der Waals surface area contributed by atoms with Crippen LogP contribution in [0.5, 0.6) is 0 Å². The number of pyridine rings is 1. The summed E-state index contributed by atoms with van der Waals surface area (Å²) in [6, 6.07) is 3.66. The molecule has 1 heterocycles. The van der Waals surface area contributed by atoms with Crippen molar-refractivity contribution in [2.45, 2.75) is 25.7 Å². The second-order valence-corrected chi connectivity index (χ2v) is 6.01. The monoisotopic (exact) mass is 335 g/mol. The van der Waals surface area contributed by atoms with Crippen LogP contribution in [0.2, 0.25) is 0 Å². The van der Waals surface area contributed by atoms with Crippen LogP contribution >= 0.6 is 0 Å². The molecular weight excluding hydrogens is 314 g/mol. The van der Waals surface area contributed by atoms with Gasteiger partial charge >= 0.3 is 0 Å². The molecule has 1 aromatic carbocycles. The van der Waals surface area contributed by atoms with Gasteiger partial charge in [-0.3, -0.25) is 4.99 Å². The number of nitrogens with zero attached hydrogens (tertiary/aromatic N) is 2. The van der Waals surface area contributed by atoms with Crippen LogP contribution in [0, 0.1) is 5.41 Å². The number of nitrogens with one attached hydrogen (secondary N) is 1. The largest absolute Gasteiger partial charge is 0.404 e. The number of aromatic nitrogens is 1. The zero-order chi connectivity index (χ0) is 17.8. The molecule has 25 heavy (non-hydrogen) atoms. The van der Waals surface area contributed by atoms with E-state index in [9.17, 15) is 4.79 Å². The van der Waals surface area contributed by atoms with Gasteiger partial charge in [-0.1, -0.05) is 0 Å². The third kappa shape index (κ3) is 3.03. The molecule has 1 aromatic heterocycles. The molecule has 0 amide bonds. The first kappa shape index (κ1) is 16.8. The van der Waals surface area contributed by atoms with Gasteiger partial charge in [0.25, 0.3) is 0 Å². The highest BCUT2D eigenvalue weighted by molar-refractivity contribution is 6.12. The molecule has 0 saturated heterocycles. The topological polar surface area (TPSA) is 118 Å². The summed E-state index contributed by atoms with van der Waals surface area (Å²) >= 11 is 0. The lowest BCUT2D eigenvalue weighted by Crippen LogP contribution is -2.12. The fourth-order valence-corrected chi connectivity index (χ4v) is 3.44. The van der Waals surface area contributed by atoms with E-state index in [-0.39, 0.29) is 6.54 Å². The summed E-state index contributed by atoms with van der Waals surface area (Å²) < 4.78 is 0. The third-order valence-electron chi connectivity index (χ3n) is 4.55. The van der Waals surface area contributed by atoms with Gasteiger partial charge in [-0.25, -0.2) is 4.98 Å². The summed E-state index contributed by atoms with van der Waals surface area (Å²) in [6.07, 6.45) is 9.13. The number of allylic oxidation sites excluding steroid dienone is 1. The van der Waals surface area contributed by atoms with Crippen molar-refractivity contribution in [1.29, 1.82) is 5.41 Å². The van der Waals surface area contributed by atoms with Gasteiger partial charge in [0, 0.05) is 40.8 Å². The Balaban J connectivity index is 2.29. The SMILES string of the molecule is N=Cc1c(N)ccc2nc(/C(C=NCC=O)=C/N)c3c(c12)CCCC3. The van der Waals surface area contributed by atoms with Gasteiger partial charge in [0.05, 0.1) is 17.8 Å². The Morgan fingerprint density at radius 2 is 2.04 bits per heavy atom. The van der Waals surface area contributed by atoms with E-state index >= 15 is 0 Å². The van der Waals surface area contributed by atoms with Crippen LogP contribution in [0.4, 0.5) is 5.69 Å². The Hall–Kier alpha value is -3.02. The Labute approximate surface area is 146 Å². The lowest BCUT2D eigenvalue weighted by Gasteiger charge is -2.22. The minimum absolute atomic E-state index is 0.0988. The number of rotatable bonds is 5. The number of fused-ring (bicyclic) bond motifs is 3. The van der Waals surface area contributed by atoms with Gasteiger partial charge in [0.1, 0.15) is 6.29 Å². The lowest BCUT2D eigenvalue weighted by atomic mass is 9.85. The molecule has 0 atom stereocenters. The average molecular weight is 335 g/mol. The van der Waals surface area contributed by atoms with E-state index in [1.165, 1.54) is 18.0 Å². The minimum atomic E-state index is 0.0988. The van der Waals surface area contributed by atoms with Gasteiger partial charge in [-0.15, -0.1) is 0 Å². The van der Waals surface area contributed by atoms with E-state index in [0.29, 0.717) is 11.3 Å². The average Bonchev–Trinajstić information content (AvgIpc) is 2.65. The lowest BCUT2D eigenvalue weighted by molar-refractivity contribution is -0.106. The Morgan fingerprint density at radius 1 is 1.28 bits per heavy atom. The molecular formula is C19H21N5O. The minimum Gasteiger partial charge on any atom is -0.404 e. The highest BCUT2D eigenvalue weighted by Gasteiger charge is 2.21. The summed E-state index contributed by atoms with van der Waals surface area (Å²) in [5.74, 6) is 0. The Morgan fingerprint density at radius 3 is 2.72 bits per heavy atom. The van der Waals surface area contributed by atoms with Crippen molar-refractivity contribution >= 4 is 40.9 Å². The maximum atomic E-state index is 10.5. The van der Waals surface area contributed by atoms with E-state index in [1.54, 1.807) is 12.3 Å². The molecule has 0 unspecified atom stereocenters. The van der Waals surface area contributed by atoms with Crippen LogP contribution in [0.1, 0.15) is 35.2 Å². The number of carbonyl (C=O) groups is 1. The summed E-state index contributed by atoms with van der Waals surface area (Å²) in [5.41, 5.74) is 17.8. The summed E-state index contributed by atoms with van der Waals surface area (Å²) in [5, 5.41) is 8.72. The van der Waals surface area contributed by atoms with Gasteiger partial charge < -0.3 is 21.7 Å². The molecule has 128 valence electrons. The molecule has 5 N–H and O–H groups in total. The van der Waals surface area contributed by atoms with Crippen molar-refractivity contribution in [3.63, 3.8) is 0 Å². The van der Waals surface area contributed by atoms with Gasteiger partial charge in [0.2, 0.25) is 0 Å². The van der Waals surface area contributed by atoms with Crippen molar-refractivity contribution in [2.75, 3.05) is 12.3 Å². The van der Waals surface area contributed by atoms with E-state index in [0.717, 1.165) is 59.7 Å². The number of carbonyl (C=O) groups excluding carboxylic acids is 1. The van der Waals surface area contributed by atoms with E-state index < -0.39 is 0 Å². The van der Waals surface area contributed by atoms with Crippen molar-refractivity contribution in [3.05, 3.63) is 40.7 Å². The second-order valence-electron chi connectivity index (χ2n) is 6.01. The smallest absolute Gasteiger partial charge is 0.141 e. The Kier molecular flexibility index (Phi) is 4.88. The number of benzene rings is 1. The zero-order valence-electron chi connectivity index (χ0n) is 14.0. The van der Waals surface area contributed by atoms with Crippen LogP contribution in [-0.4, -0.2) is 30.2 Å². The molecule has 0 bridgehead atoms. The van der Waals surface area contributed by atoms with Crippen LogP contribution in [0.15, 0.2) is 23.3 Å². The number of aldehydes is 1. The van der Waals surface area contributed by atoms with Crippen molar-refractivity contribution in [3.8, 4) is 0 Å². The maximum absolute atomic E-state index is 10.5. The molecule has 6 nitrogen and oxygen atoms in total. The normalized spacial score (nSPS) is 14.6. The van der Waals surface area contributed by atoms with Gasteiger partial charge in [-0.05, 0) is 48.9 Å². The van der Waals surface area contributed by atoms with Crippen molar-refractivity contribution in [2.24, 2.45) is 10.7 Å². The fraction of sp³-hybridized carbons (Fsp3) is 0.263. The van der Waals surface area contributed by atoms with E-state index in [4.69, 9.17) is 21.9 Å². The first-order valence-corrected chi connectivity index (χ1v) is 8.31. The van der Waals surface area contributed by atoms with E-state index in [2.05, 4.69) is 4.99 Å². The molecule has 0 fully saturated rings. The molecule has 1 aliphatic rings. The molecule has 6 heteroatoms. The van der Waals surface area contributed by atoms with Crippen LogP contribution in [0.25, 0.3) is 16.5 Å². The second kappa shape index (κ2) is 7.25. The predicted molar refractivity (Wildman–Crippen MR) is 102 cm³/mol. The number of anilines is 1. The maximum Gasteiger partial charge on any atom is 0.141 e. The number of nitrogens with two attached hydrogens (primary N) is 2. The Bertz CT molecular complexity index is 899. The molecule has 0 radical (unpaired) electrons. The van der Waals surface area contributed by atoms with Crippen molar-refractivity contribution in [1.82, 2.24) is 4.98 Å². The van der Waals surface area contributed by atoms with Gasteiger partial charge in [0.15, 0.2) is 0 Å². The summed E-state index contributed by atoms with van der Waals surface area (Å²) in [4.78, 5) is 19.4. The summed E-state index contributed by atoms with van der Waals surface area (Å²) in [7, 11) is 0. The number of nitrogen functional groups attached to an aromatic ring is 1. The quantitative estimate of drug-likeness (QED) is 0.441. The van der Waals surface area contributed by atoms with Crippen LogP contribution < -0.4 is 11.5 Å². The standard InChI is InChI=1S/C19H21N5O/c20-9-12(11-23-7-8-25)19-14-4-2-1-3-13(14)18-15(10-21)16(22)5-6-17(18)24-19/h5-6,8-11,21H,1-4,7,20,22H2/b12-9+,21-10?,23-11?. The predicted octanol–water partition coefficient (Wildman–Crippen LogP) is 2.26. The van der Waals surface area contributed by atoms with E-state index in [1.807, 2.05) is 6.07 Å². The zero-order valence-corrected chi connectivity index (χ0v) is 14.0. The van der Waals surface area contributed by atoms with Crippen LogP contribution in [-0.2, 0) is 17.6 Å². The highest BCUT2D eigenvalue weighted by atomic mass is 16.1. The van der Waals surface area contributed by atoms with Crippen molar-refractivity contribution < 1.29 is 4.79 Å². The van der Waals surface area contributed by atoms with Gasteiger partial charge in [-0.2, -0.15) is 0 Å². The molecule has 0 spiro atoms. The number of aryl methyl sites for hydroxylation is 1. The number of hydrogen-bond acceptors (Lipinski definition) is 6. The highest BCUT2D eigenvalue weighted by Crippen LogP contribution is 2.35. The molecule has 2 aromatic rings. The first-order chi connectivity index (χ1) is 12.2. The summed E-state index contributed by atoms with van der Waals surface area (Å²) in [6.45, 7) is 0.0988.